The molecule has 0 saturated carbocycles. The van der Waals surface area contributed by atoms with Crippen molar-refractivity contribution in [1.82, 2.24) is 0 Å². The number of ether oxygens (including phenoxy) is 1. The predicted molar refractivity (Wildman–Crippen MR) is 235 cm³/mol. The van der Waals surface area contributed by atoms with Crippen LogP contribution in [-0.4, -0.2) is 0 Å². The van der Waals surface area contributed by atoms with E-state index < -0.39 is 5.41 Å². The number of rotatable bonds is 3. The van der Waals surface area contributed by atoms with Crippen molar-refractivity contribution in [3.8, 4) is 44.9 Å². The Balaban J connectivity index is 1.03. The maximum Gasteiger partial charge on any atom is 0.134 e. The Morgan fingerprint density at radius 3 is 1.16 bits per heavy atom. The van der Waals surface area contributed by atoms with Crippen LogP contribution in [0.1, 0.15) is 44.5 Å². The van der Waals surface area contributed by atoms with Gasteiger partial charge in [0.05, 0.1) is 10.8 Å². The smallest absolute Gasteiger partial charge is 0.134 e. The molecule has 0 fully saturated rings. The minimum absolute atomic E-state index is 0.384. The minimum atomic E-state index is -0.507. The van der Waals surface area contributed by atoms with Gasteiger partial charge in [-0.2, -0.15) is 0 Å². The number of benzene rings is 9. The van der Waals surface area contributed by atoms with E-state index in [2.05, 4.69) is 217 Å². The topological polar surface area (TPSA) is 12.5 Å². The Labute approximate surface area is 337 Å². The molecule has 2 spiro atoms. The van der Waals surface area contributed by atoms with Crippen molar-refractivity contribution >= 4 is 17.1 Å². The van der Waals surface area contributed by atoms with Crippen LogP contribution in [0.5, 0.6) is 11.5 Å². The van der Waals surface area contributed by atoms with E-state index in [-0.39, 0.29) is 5.41 Å². The zero-order chi connectivity index (χ0) is 38.0. The Bertz CT molecular complexity index is 3090. The first-order valence-corrected chi connectivity index (χ1v) is 20.2. The van der Waals surface area contributed by atoms with Crippen LogP contribution in [0.2, 0.25) is 0 Å². The quantitative estimate of drug-likeness (QED) is 0.179. The van der Waals surface area contributed by atoms with Crippen LogP contribution in [-0.2, 0) is 10.8 Å². The highest BCUT2D eigenvalue weighted by Gasteiger charge is 2.53. The van der Waals surface area contributed by atoms with Crippen molar-refractivity contribution in [3.05, 3.63) is 257 Å². The van der Waals surface area contributed by atoms with Gasteiger partial charge >= 0.3 is 0 Å². The van der Waals surface area contributed by atoms with E-state index in [9.17, 15) is 0 Å². The molecule has 0 atom stereocenters. The molecule has 0 N–H and O–H groups in total. The van der Waals surface area contributed by atoms with E-state index >= 15 is 0 Å². The molecule has 9 aromatic rings. The van der Waals surface area contributed by atoms with E-state index in [1.807, 2.05) is 0 Å². The summed E-state index contributed by atoms with van der Waals surface area (Å²) in [5.74, 6) is 1.76. The van der Waals surface area contributed by atoms with Crippen molar-refractivity contribution in [3.63, 3.8) is 0 Å². The molecular weight excluding hydrogens is 703 g/mol. The summed E-state index contributed by atoms with van der Waals surface area (Å²) in [4.78, 5) is 2.39. The number of hydrogen-bond donors (Lipinski definition) is 0. The molecule has 9 aromatic carbocycles. The summed E-state index contributed by atoms with van der Waals surface area (Å²) < 4.78 is 6.98. The lowest BCUT2D eigenvalue weighted by Gasteiger charge is -2.40. The Hall–Kier alpha value is -7.42. The van der Waals surface area contributed by atoms with Gasteiger partial charge in [-0.1, -0.05) is 170 Å². The van der Waals surface area contributed by atoms with E-state index in [4.69, 9.17) is 4.74 Å². The number of fused-ring (bicyclic) bond motifs is 19. The van der Waals surface area contributed by atoms with Gasteiger partial charge in [-0.05, 0) is 103 Å². The molecule has 0 saturated heterocycles. The molecule has 58 heavy (non-hydrogen) atoms. The standard InChI is InChI=1S/C56H35NO/c1-2-16-36(17-3-1)57(37-30-32-50-44(34-37)43-22-8-13-27-49(43)55(50)45-23-9-4-18-39(45)40-19-5-10-24-46(40)55)38-31-33-52-54(35-38)58-53-29-15-14-28-51(53)56(52)47-25-11-6-20-41(47)42-21-7-12-26-48(42)56/h1-35H. The lowest BCUT2D eigenvalue weighted by Crippen LogP contribution is -2.32. The van der Waals surface area contributed by atoms with Crippen LogP contribution < -0.4 is 9.64 Å². The predicted octanol–water partition coefficient (Wildman–Crippen LogP) is 14.0. The third-order valence-electron chi connectivity index (χ3n) is 13.3. The average Bonchev–Trinajstić information content (AvgIpc) is 3.87. The SMILES string of the molecule is c1ccc(N(c2ccc3c(c2)Oc2ccccc2C32c3ccccc3-c3ccccc32)c2ccc3c(c2)-c2ccccc2C32c3ccccc3-c3ccccc32)cc1. The fraction of sp³-hybridized carbons (Fsp3) is 0.0357. The average molecular weight is 738 g/mol. The maximum atomic E-state index is 6.98. The highest BCUT2D eigenvalue weighted by molar-refractivity contribution is 5.97. The first-order chi connectivity index (χ1) is 28.8. The van der Waals surface area contributed by atoms with Crippen molar-refractivity contribution in [1.29, 1.82) is 0 Å². The second kappa shape index (κ2) is 11.6. The molecule has 3 aliphatic carbocycles. The van der Waals surface area contributed by atoms with Crippen molar-refractivity contribution in [2.45, 2.75) is 10.8 Å². The minimum Gasteiger partial charge on any atom is -0.457 e. The zero-order valence-corrected chi connectivity index (χ0v) is 31.6. The molecule has 2 nitrogen and oxygen atoms in total. The second-order valence-electron chi connectivity index (χ2n) is 15.9. The number of anilines is 3. The van der Waals surface area contributed by atoms with Crippen molar-refractivity contribution in [2.24, 2.45) is 0 Å². The highest BCUT2D eigenvalue weighted by Crippen LogP contribution is 2.65. The van der Waals surface area contributed by atoms with Crippen molar-refractivity contribution < 1.29 is 4.74 Å². The maximum absolute atomic E-state index is 6.98. The molecule has 2 heteroatoms. The summed E-state index contributed by atoms with van der Waals surface area (Å²) in [5.41, 5.74) is 20.4. The summed E-state index contributed by atoms with van der Waals surface area (Å²) in [6.45, 7) is 0. The molecular formula is C56H35NO. The van der Waals surface area contributed by atoms with Crippen LogP contribution >= 0.6 is 0 Å². The Morgan fingerprint density at radius 2 is 0.621 bits per heavy atom. The molecule has 13 rings (SSSR count). The number of para-hydroxylation sites is 2. The first-order valence-electron chi connectivity index (χ1n) is 20.2. The normalized spacial score (nSPS) is 14.6. The highest BCUT2D eigenvalue weighted by atomic mass is 16.5. The number of hydrogen-bond acceptors (Lipinski definition) is 2. The molecule has 0 aromatic heterocycles. The van der Waals surface area contributed by atoms with Crippen LogP contribution in [0.3, 0.4) is 0 Å². The largest absolute Gasteiger partial charge is 0.457 e. The zero-order valence-electron chi connectivity index (χ0n) is 31.6. The monoisotopic (exact) mass is 737 g/mol. The summed E-state index contributed by atoms with van der Waals surface area (Å²) in [7, 11) is 0. The van der Waals surface area contributed by atoms with Gasteiger partial charge in [-0.15, -0.1) is 0 Å². The van der Waals surface area contributed by atoms with E-state index in [1.165, 1.54) is 72.3 Å². The Morgan fingerprint density at radius 1 is 0.259 bits per heavy atom. The second-order valence-corrected chi connectivity index (χ2v) is 15.9. The van der Waals surface area contributed by atoms with Gasteiger partial charge in [0, 0.05) is 34.3 Å². The van der Waals surface area contributed by atoms with E-state index in [1.54, 1.807) is 0 Å². The molecule has 0 unspecified atom stereocenters. The first kappa shape index (κ1) is 31.7. The lowest BCUT2D eigenvalue weighted by atomic mass is 9.66. The molecule has 4 aliphatic rings. The van der Waals surface area contributed by atoms with Gasteiger partial charge in [0.15, 0.2) is 0 Å². The van der Waals surface area contributed by atoms with Gasteiger partial charge in [0.25, 0.3) is 0 Å². The number of nitrogens with zero attached hydrogens (tertiary/aromatic N) is 1. The van der Waals surface area contributed by atoms with Gasteiger partial charge < -0.3 is 9.64 Å². The van der Waals surface area contributed by atoms with Gasteiger partial charge in [-0.25, -0.2) is 0 Å². The summed E-state index contributed by atoms with van der Waals surface area (Å²) in [5, 5.41) is 0. The molecule has 0 bridgehead atoms. The summed E-state index contributed by atoms with van der Waals surface area (Å²) in [6.07, 6.45) is 0. The van der Waals surface area contributed by atoms with Gasteiger partial charge in [0.2, 0.25) is 0 Å². The third kappa shape index (κ3) is 3.87. The third-order valence-corrected chi connectivity index (χ3v) is 13.3. The van der Waals surface area contributed by atoms with Crippen LogP contribution in [0.25, 0.3) is 33.4 Å². The fourth-order valence-electron chi connectivity index (χ4n) is 11.2. The van der Waals surface area contributed by atoms with Crippen LogP contribution in [0, 0.1) is 0 Å². The molecule has 1 heterocycles. The van der Waals surface area contributed by atoms with Gasteiger partial charge in [0.1, 0.15) is 11.5 Å². The van der Waals surface area contributed by atoms with Crippen LogP contribution in [0.15, 0.2) is 212 Å². The van der Waals surface area contributed by atoms with E-state index in [0.29, 0.717) is 0 Å². The van der Waals surface area contributed by atoms with Gasteiger partial charge in [-0.3, -0.25) is 0 Å². The fourth-order valence-corrected chi connectivity index (χ4v) is 11.2. The molecule has 270 valence electrons. The molecule has 0 radical (unpaired) electrons. The van der Waals surface area contributed by atoms with Crippen LogP contribution in [0.4, 0.5) is 17.1 Å². The summed E-state index contributed by atoms with van der Waals surface area (Å²) >= 11 is 0. The summed E-state index contributed by atoms with van der Waals surface area (Å²) in [6, 6.07) is 78.2. The lowest BCUT2D eigenvalue weighted by molar-refractivity contribution is 0.436. The molecule has 1 aliphatic heterocycles. The Kier molecular flexibility index (Phi) is 6.33. The van der Waals surface area contributed by atoms with E-state index in [0.717, 1.165) is 34.1 Å². The van der Waals surface area contributed by atoms with Crippen molar-refractivity contribution in [2.75, 3.05) is 4.90 Å². The molecule has 0 amide bonds.